The van der Waals surface area contributed by atoms with E-state index in [0.717, 1.165) is 19.1 Å². The first-order valence-electron chi connectivity index (χ1n) is 4.31. The van der Waals surface area contributed by atoms with Crippen LogP contribution in [0.5, 0.6) is 0 Å². The number of alkyl halides is 3. The minimum atomic E-state index is -4.84. The average molecular weight is 248 g/mol. The number of hydrogen-bond donors (Lipinski definition) is 2. The van der Waals surface area contributed by atoms with Gasteiger partial charge in [0, 0.05) is 6.92 Å². The van der Waals surface area contributed by atoms with Crippen molar-refractivity contribution in [2.24, 2.45) is 0 Å². The Morgan fingerprint density at radius 3 is 2.35 bits per heavy atom. The maximum Gasteiger partial charge on any atom is 0.435 e. The molecule has 0 aliphatic heterocycles. The predicted octanol–water partition coefficient (Wildman–Crippen LogP) is 1.76. The highest BCUT2D eigenvalue weighted by Crippen LogP contribution is 2.33. The topological polar surface area (TPSA) is 79.3 Å². The van der Waals surface area contributed by atoms with Crippen molar-refractivity contribution < 1.29 is 27.9 Å². The van der Waals surface area contributed by atoms with Crippen LogP contribution in [0.2, 0.25) is 0 Å². The van der Waals surface area contributed by atoms with Crippen molar-refractivity contribution in [3.05, 3.63) is 23.5 Å². The molecule has 1 aromatic heterocycles. The molecule has 5 nitrogen and oxygen atoms in total. The number of rotatable bonds is 2. The zero-order chi connectivity index (χ0) is 13.2. The first-order chi connectivity index (χ1) is 7.71. The summed E-state index contributed by atoms with van der Waals surface area (Å²) in [5.74, 6) is -2.29. The summed E-state index contributed by atoms with van der Waals surface area (Å²) in [5, 5.41) is 10.5. The molecule has 0 aromatic carbocycles. The zero-order valence-corrected chi connectivity index (χ0v) is 8.50. The van der Waals surface area contributed by atoms with E-state index < -0.39 is 35.1 Å². The average Bonchev–Trinajstić information content (AvgIpc) is 2.15. The summed E-state index contributed by atoms with van der Waals surface area (Å²) in [4.78, 5) is 24.1. The summed E-state index contributed by atoms with van der Waals surface area (Å²) in [6.07, 6.45) is -4.84. The first-order valence-corrected chi connectivity index (χ1v) is 4.31. The predicted molar refractivity (Wildman–Crippen MR) is 50.5 cm³/mol. The zero-order valence-electron chi connectivity index (χ0n) is 8.50. The maximum absolute atomic E-state index is 12.5. The molecule has 2 N–H and O–H groups in total. The molecule has 0 atom stereocenters. The molecule has 1 aromatic rings. The van der Waals surface area contributed by atoms with E-state index in [2.05, 4.69) is 4.98 Å². The lowest BCUT2D eigenvalue weighted by molar-refractivity contribution is -0.140. The van der Waals surface area contributed by atoms with E-state index in [9.17, 15) is 22.8 Å². The van der Waals surface area contributed by atoms with Gasteiger partial charge in [-0.3, -0.25) is 4.79 Å². The van der Waals surface area contributed by atoms with Gasteiger partial charge in [0.15, 0.2) is 5.69 Å². The van der Waals surface area contributed by atoms with Gasteiger partial charge in [0.05, 0.1) is 5.69 Å². The number of aromatic carboxylic acids is 1. The minimum Gasteiger partial charge on any atom is -0.477 e. The number of nitrogens with zero attached hydrogens (tertiary/aromatic N) is 1. The van der Waals surface area contributed by atoms with E-state index >= 15 is 0 Å². The summed E-state index contributed by atoms with van der Waals surface area (Å²) >= 11 is 0. The second kappa shape index (κ2) is 4.40. The number of aromatic nitrogens is 1. The third kappa shape index (κ3) is 3.16. The highest BCUT2D eigenvalue weighted by Gasteiger charge is 2.36. The molecule has 17 heavy (non-hydrogen) atoms. The van der Waals surface area contributed by atoms with Crippen molar-refractivity contribution >= 4 is 17.6 Å². The smallest absolute Gasteiger partial charge is 0.435 e. The van der Waals surface area contributed by atoms with Crippen molar-refractivity contribution in [1.29, 1.82) is 0 Å². The third-order valence-electron chi connectivity index (χ3n) is 1.69. The van der Waals surface area contributed by atoms with Gasteiger partial charge in [0.2, 0.25) is 5.91 Å². The fourth-order valence-corrected chi connectivity index (χ4v) is 1.08. The lowest BCUT2D eigenvalue weighted by Crippen LogP contribution is -2.17. The Morgan fingerprint density at radius 1 is 1.35 bits per heavy atom. The number of pyridine rings is 1. The van der Waals surface area contributed by atoms with Crippen LogP contribution in [0.15, 0.2) is 12.1 Å². The van der Waals surface area contributed by atoms with Gasteiger partial charge < -0.3 is 10.4 Å². The van der Waals surface area contributed by atoms with Crippen LogP contribution in [-0.2, 0) is 11.0 Å². The van der Waals surface area contributed by atoms with Crippen LogP contribution in [0, 0.1) is 0 Å². The van der Waals surface area contributed by atoms with Crippen LogP contribution >= 0.6 is 0 Å². The molecule has 1 rings (SSSR count). The SMILES string of the molecule is CC(=O)Nc1ccc(C(=O)O)nc1C(F)(F)F. The van der Waals surface area contributed by atoms with Gasteiger partial charge >= 0.3 is 12.1 Å². The van der Waals surface area contributed by atoms with E-state index in [-0.39, 0.29) is 0 Å². The van der Waals surface area contributed by atoms with Crippen LogP contribution in [0.25, 0.3) is 0 Å². The number of carbonyl (C=O) groups is 2. The van der Waals surface area contributed by atoms with E-state index in [4.69, 9.17) is 5.11 Å². The third-order valence-corrected chi connectivity index (χ3v) is 1.69. The number of nitrogens with one attached hydrogen (secondary N) is 1. The van der Waals surface area contributed by atoms with Gasteiger partial charge in [0.25, 0.3) is 0 Å². The van der Waals surface area contributed by atoms with Crippen molar-refractivity contribution in [2.45, 2.75) is 13.1 Å². The molecule has 0 radical (unpaired) electrons. The molecule has 0 unspecified atom stereocenters. The largest absolute Gasteiger partial charge is 0.477 e. The maximum atomic E-state index is 12.5. The molecule has 92 valence electrons. The number of carbonyl (C=O) groups excluding carboxylic acids is 1. The standard InChI is InChI=1S/C9H7F3N2O3/c1-4(15)13-5-2-3-6(8(16)17)14-7(5)9(10,11)12/h2-3H,1H3,(H,13,15)(H,16,17). The lowest BCUT2D eigenvalue weighted by atomic mass is 10.2. The van der Waals surface area contributed by atoms with Gasteiger partial charge in [-0.15, -0.1) is 0 Å². The second-order valence-electron chi connectivity index (χ2n) is 3.08. The Labute approximate surface area is 93.3 Å². The molecular formula is C9H7F3N2O3. The fourth-order valence-electron chi connectivity index (χ4n) is 1.08. The van der Waals surface area contributed by atoms with Crippen LogP contribution < -0.4 is 5.32 Å². The first kappa shape index (κ1) is 12.9. The Kier molecular flexibility index (Phi) is 3.35. The molecule has 0 bridgehead atoms. The van der Waals surface area contributed by atoms with Gasteiger partial charge in [-0.25, -0.2) is 9.78 Å². The van der Waals surface area contributed by atoms with Gasteiger partial charge in [-0.2, -0.15) is 13.2 Å². The molecule has 8 heteroatoms. The Balaban J connectivity index is 3.31. The molecule has 0 aliphatic rings. The van der Waals surface area contributed by atoms with Crippen LogP contribution in [0.3, 0.4) is 0 Å². The summed E-state index contributed by atoms with van der Waals surface area (Å²) < 4.78 is 37.6. The molecule has 0 saturated heterocycles. The minimum absolute atomic E-state index is 0.574. The molecule has 0 fully saturated rings. The van der Waals surface area contributed by atoms with Crippen molar-refractivity contribution in [3.63, 3.8) is 0 Å². The number of halogens is 3. The van der Waals surface area contributed by atoms with Crippen LogP contribution in [0.1, 0.15) is 23.1 Å². The molecule has 0 saturated carbocycles. The number of amides is 1. The fraction of sp³-hybridized carbons (Fsp3) is 0.222. The van der Waals surface area contributed by atoms with Gasteiger partial charge in [-0.1, -0.05) is 0 Å². The molecule has 0 spiro atoms. The number of hydrogen-bond acceptors (Lipinski definition) is 3. The Morgan fingerprint density at radius 2 is 1.94 bits per heavy atom. The molecule has 1 amide bonds. The van der Waals surface area contributed by atoms with Crippen LogP contribution in [0.4, 0.5) is 18.9 Å². The highest BCUT2D eigenvalue weighted by atomic mass is 19.4. The van der Waals surface area contributed by atoms with Gasteiger partial charge in [0.1, 0.15) is 5.69 Å². The number of carboxylic acid groups (broad SMARTS) is 1. The summed E-state index contributed by atoms with van der Waals surface area (Å²) in [6, 6.07) is 1.73. The normalized spacial score (nSPS) is 11.1. The number of anilines is 1. The summed E-state index contributed by atoms with van der Waals surface area (Å²) in [7, 11) is 0. The number of carboxylic acids is 1. The van der Waals surface area contributed by atoms with E-state index in [1.54, 1.807) is 0 Å². The van der Waals surface area contributed by atoms with Crippen molar-refractivity contribution in [1.82, 2.24) is 4.98 Å². The van der Waals surface area contributed by atoms with Gasteiger partial charge in [-0.05, 0) is 12.1 Å². The Hall–Kier alpha value is -2.12. The quantitative estimate of drug-likeness (QED) is 0.835. The molecule has 0 aliphatic carbocycles. The van der Waals surface area contributed by atoms with Crippen molar-refractivity contribution in [3.8, 4) is 0 Å². The van der Waals surface area contributed by atoms with E-state index in [0.29, 0.717) is 0 Å². The van der Waals surface area contributed by atoms with Crippen LogP contribution in [-0.4, -0.2) is 22.0 Å². The summed E-state index contributed by atoms with van der Waals surface area (Å²) in [6.45, 7) is 1.03. The lowest BCUT2D eigenvalue weighted by Gasteiger charge is -2.12. The van der Waals surface area contributed by atoms with E-state index in [1.807, 2.05) is 5.32 Å². The highest BCUT2D eigenvalue weighted by molar-refractivity contribution is 5.90. The van der Waals surface area contributed by atoms with E-state index in [1.165, 1.54) is 0 Å². The monoisotopic (exact) mass is 248 g/mol. The second-order valence-corrected chi connectivity index (χ2v) is 3.08. The summed E-state index contributed by atoms with van der Waals surface area (Å²) in [5.41, 5.74) is -2.76. The Bertz CT molecular complexity index is 471. The van der Waals surface area contributed by atoms with Crippen molar-refractivity contribution in [2.75, 3.05) is 5.32 Å². The molecule has 1 heterocycles. The molecular weight excluding hydrogens is 241 g/mol.